The Morgan fingerprint density at radius 3 is 2.86 bits per heavy atom. The molecule has 2 aliphatic heterocycles. The van der Waals surface area contributed by atoms with Gasteiger partial charge in [-0.3, -0.25) is 4.79 Å². The third-order valence-electron chi connectivity index (χ3n) is 4.65. The minimum Gasteiger partial charge on any atom is -0.336 e. The van der Waals surface area contributed by atoms with Crippen LogP contribution in [0.25, 0.3) is 0 Å². The van der Waals surface area contributed by atoms with Crippen molar-refractivity contribution in [2.45, 2.75) is 30.1 Å². The molecule has 3 fully saturated rings. The zero-order chi connectivity index (χ0) is 14.3. The molecule has 6 heteroatoms. The topological polar surface area (TPSA) is 58.1 Å². The molecule has 112 valence electrons. The fourth-order valence-electron chi connectivity index (χ4n) is 3.24. The summed E-state index contributed by atoms with van der Waals surface area (Å²) in [5, 5.41) is 3.70. The lowest BCUT2D eigenvalue weighted by atomic mass is 9.91. The molecule has 4 rings (SSSR count). The largest absolute Gasteiger partial charge is 0.336 e. The lowest BCUT2D eigenvalue weighted by Crippen LogP contribution is -2.61. The Kier molecular flexibility index (Phi) is 3.38. The monoisotopic (exact) mass is 304 g/mol. The van der Waals surface area contributed by atoms with Crippen LogP contribution in [-0.4, -0.2) is 57.0 Å². The molecule has 1 unspecified atom stereocenters. The van der Waals surface area contributed by atoms with E-state index in [1.54, 1.807) is 12.4 Å². The number of likely N-dealkylation sites (tertiary alicyclic amines) is 1. The van der Waals surface area contributed by atoms with E-state index in [9.17, 15) is 4.79 Å². The first-order valence-corrected chi connectivity index (χ1v) is 8.64. The molecule has 3 aliphatic rings. The van der Waals surface area contributed by atoms with Gasteiger partial charge in [-0.25, -0.2) is 9.97 Å². The van der Waals surface area contributed by atoms with Crippen LogP contribution in [0.1, 0.15) is 29.6 Å². The van der Waals surface area contributed by atoms with Gasteiger partial charge in [-0.2, -0.15) is 0 Å². The quantitative estimate of drug-likeness (QED) is 0.905. The van der Waals surface area contributed by atoms with Crippen LogP contribution in [0.5, 0.6) is 0 Å². The van der Waals surface area contributed by atoms with E-state index in [2.05, 4.69) is 15.3 Å². The number of nitrogens with zero attached hydrogens (tertiary/aromatic N) is 3. The Labute approximate surface area is 128 Å². The Morgan fingerprint density at radius 1 is 1.38 bits per heavy atom. The third kappa shape index (κ3) is 2.79. The second kappa shape index (κ2) is 5.25. The van der Waals surface area contributed by atoms with Crippen molar-refractivity contribution < 1.29 is 4.79 Å². The van der Waals surface area contributed by atoms with Crippen LogP contribution in [0.15, 0.2) is 18.7 Å². The van der Waals surface area contributed by atoms with Crippen molar-refractivity contribution in [1.29, 1.82) is 0 Å². The summed E-state index contributed by atoms with van der Waals surface area (Å²) in [6.07, 6.45) is 8.65. The van der Waals surface area contributed by atoms with E-state index in [4.69, 9.17) is 0 Å². The maximum absolute atomic E-state index is 12.3. The zero-order valence-corrected chi connectivity index (χ0v) is 12.8. The summed E-state index contributed by atoms with van der Waals surface area (Å²) in [6.45, 7) is 2.92. The first-order valence-electron chi connectivity index (χ1n) is 7.66. The molecule has 1 atom stereocenters. The van der Waals surface area contributed by atoms with Crippen molar-refractivity contribution in [2.24, 2.45) is 5.92 Å². The summed E-state index contributed by atoms with van der Waals surface area (Å²) in [5.41, 5.74) is 0.596. The van der Waals surface area contributed by atoms with Crippen LogP contribution in [0.4, 0.5) is 0 Å². The summed E-state index contributed by atoms with van der Waals surface area (Å²) in [7, 11) is 0. The van der Waals surface area contributed by atoms with Gasteiger partial charge in [0.2, 0.25) is 0 Å². The molecule has 3 heterocycles. The van der Waals surface area contributed by atoms with Crippen molar-refractivity contribution >= 4 is 17.7 Å². The van der Waals surface area contributed by atoms with Crippen LogP contribution in [-0.2, 0) is 0 Å². The highest BCUT2D eigenvalue weighted by Gasteiger charge is 2.50. The van der Waals surface area contributed by atoms with E-state index in [1.807, 2.05) is 16.7 Å². The van der Waals surface area contributed by atoms with Gasteiger partial charge < -0.3 is 10.2 Å². The number of carbonyl (C=O) groups excluding carboxylic acids is 1. The molecule has 0 aromatic carbocycles. The number of nitrogens with one attached hydrogen (secondary N) is 1. The molecule has 1 spiro atoms. The van der Waals surface area contributed by atoms with Gasteiger partial charge in [0, 0.05) is 37.3 Å². The van der Waals surface area contributed by atoms with E-state index in [0.29, 0.717) is 16.4 Å². The highest BCUT2D eigenvalue weighted by Crippen LogP contribution is 2.45. The van der Waals surface area contributed by atoms with Crippen LogP contribution >= 0.6 is 11.8 Å². The summed E-state index contributed by atoms with van der Waals surface area (Å²) in [5.74, 6) is 2.18. The smallest absolute Gasteiger partial charge is 0.257 e. The van der Waals surface area contributed by atoms with Crippen LogP contribution in [0.2, 0.25) is 0 Å². The molecule has 1 saturated carbocycles. The van der Waals surface area contributed by atoms with Gasteiger partial charge in [-0.05, 0) is 31.7 Å². The van der Waals surface area contributed by atoms with Crippen molar-refractivity contribution in [3.63, 3.8) is 0 Å². The van der Waals surface area contributed by atoms with Crippen LogP contribution in [0.3, 0.4) is 0 Å². The van der Waals surface area contributed by atoms with Gasteiger partial charge in [0.1, 0.15) is 6.33 Å². The Balaban J connectivity index is 1.29. The Hall–Kier alpha value is -1.14. The number of thioether (sulfide) groups is 1. The molecule has 5 nitrogen and oxygen atoms in total. The fourth-order valence-corrected chi connectivity index (χ4v) is 4.84. The van der Waals surface area contributed by atoms with Crippen molar-refractivity contribution in [2.75, 3.05) is 25.4 Å². The highest BCUT2D eigenvalue weighted by molar-refractivity contribution is 8.01. The van der Waals surface area contributed by atoms with E-state index < -0.39 is 0 Å². The summed E-state index contributed by atoms with van der Waals surface area (Å²) in [4.78, 5) is 22.1. The maximum atomic E-state index is 12.3. The molecule has 0 bridgehead atoms. The van der Waals surface area contributed by atoms with E-state index in [1.165, 1.54) is 37.9 Å². The Bertz CT molecular complexity index is 528. The number of hydrogen-bond donors (Lipinski definition) is 1. The minimum absolute atomic E-state index is 0.0659. The number of hydrogen-bond acceptors (Lipinski definition) is 5. The standard InChI is InChI=1S/C15H20N4OS/c20-14(12-5-16-10-17-6-12)19-8-15(9-19)3-13(7-21-15)18-4-11-1-2-11/h5-6,10-11,13,18H,1-4,7-9H2. The molecular formula is C15H20N4OS. The van der Waals surface area contributed by atoms with Gasteiger partial charge >= 0.3 is 0 Å². The number of carbonyl (C=O) groups is 1. The lowest BCUT2D eigenvalue weighted by Gasteiger charge is -2.47. The molecular weight excluding hydrogens is 284 g/mol. The molecule has 1 aromatic heterocycles. The molecule has 0 radical (unpaired) electrons. The Morgan fingerprint density at radius 2 is 2.14 bits per heavy atom. The summed E-state index contributed by atoms with van der Waals surface area (Å²) in [6, 6.07) is 0.632. The summed E-state index contributed by atoms with van der Waals surface area (Å²) < 4.78 is 0.298. The fraction of sp³-hybridized carbons (Fsp3) is 0.667. The van der Waals surface area contributed by atoms with Crippen LogP contribution < -0.4 is 5.32 Å². The minimum atomic E-state index is 0.0659. The second-order valence-electron chi connectivity index (χ2n) is 6.54. The van der Waals surface area contributed by atoms with E-state index in [0.717, 1.165) is 19.0 Å². The van der Waals surface area contributed by atoms with Gasteiger partial charge in [-0.15, -0.1) is 11.8 Å². The highest BCUT2D eigenvalue weighted by atomic mass is 32.2. The predicted octanol–water partition coefficient (Wildman–Crippen LogP) is 1.18. The molecule has 1 N–H and O–H groups in total. The van der Waals surface area contributed by atoms with Gasteiger partial charge in [0.05, 0.1) is 10.3 Å². The van der Waals surface area contributed by atoms with E-state index >= 15 is 0 Å². The van der Waals surface area contributed by atoms with Crippen molar-refractivity contribution in [3.8, 4) is 0 Å². The van der Waals surface area contributed by atoms with Crippen LogP contribution in [0, 0.1) is 5.92 Å². The molecule has 1 aliphatic carbocycles. The van der Waals surface area contributed by atoms with Crippen molar-refractivity contribution in [3.05, 3.63) is 24.3 Å². The first-order chi connectivity index (χ1) is 10.2. The third-order valence-corrected chi connectivity index (χ3v) is 6.26. The normalized spacial score (nSPS) is 26.9. The number of amides is 1. The first kappa shape index (κ1) is 13.5. The number of aromatic nitrogens is 2. The predicted molar refractivity (Wildman–Crippen MR) is 82.3 cm³/mol. The van der Waals surface area contributed by atoms with Crippen molar-refractivity contribution in [1.82, 2.24) is 20.2 Å². The zero-order valence-electron chi connectivity index (χ0n) is 12.0. The molecule has 2 saturated heterocycles. The SMILES string of the molecule is O=C(c1cncnc1)N1CC2(CC(NCC3CC3)CS2)C1. The summed E-state index contributed by atoms with van der Waals surface area (Å²) >= 11 is 2.04. The molecule has 21 heavy (non-hydrogen) atoms. The van der Waals surface area contributed by atoms with Gasteiger partial charge in [0.15, 0.2) is 0 Å². The van der Waals surface area contributed by atoms with E-state index in [-0.39, 0.29) is 5.91 Å². The van der Waals surface area contributed by atoms with Gasteiger partial charge in [0.25, 0.3) is 5.91 Å². The average molecular weight is 304 g/mol. The average Bonchev–Trinajstić information content (AvgIpc) is 3.22. The number of rotatable bonds is 4. The molecule has 1 aromatic rings. The molecule has 1 amide bonds. The van der Waals surface area contributed by atoms with Gasteiger partial charge in [-0.1, -0.05) is 0 Å². The maximum Gasteiger partial charge on any atom is 0.257 e. The lowest BCUT2D eigenvalue weighted by molar-refractivity contribution is 0.0551. The second-order valence-corrected chi connectivity index (χ2v) is 8.02.